The van der Waals surface area contributed by atoms with Crippen LogP contribution in [0.5, 0.6) is 0 Å². The molecule has 2 aromatic rings. The van der Waals surface area contributed by atoms with E-state index >= 15 is 0 Å². The Bertz CT molecular complexity index is 586. The minimum Gasteiger partial charge on any atom is -0.310 e. The summed E-state index contributed by atoms with van der Waals surface area (Å²) >= 11 is 12.0. The summed E-state index contributed by atoms with van der Waals surface area (Å²) in [5, 5.41) is 4.44. The number of rotatable bonds is 5. The topological polar surface area (TPSA) is 12.0 Å². The molecule has 1 nitrogen and oxygen atoms in total. The van der Waals surface area contributed by atoms with Gasteiger partial charge in [0.05, 0.1) is 0 Å². The Morgan fingerprint density at radius 1 is 1.15 bits per heavy atom. The molecule has 0 aliphatic carbocycles. The van der Waals surface area contributed by atoms with Crippen molar-refractivity contribution in [1.82, 2.24) is 5.32 Å². The Balaban J connectivity index is 2.28. The maximum absolute atomic E-state index is 13.9. The number of benzene rings is 2. The third-order valence-electron chi connectivity index (χ3n) is 3.17. The molecule has 0 amide bonds. The van der Waals surface area contributed by atoms with Gasteiger partial charge in [0.1, 0.15) is 5.82 Å². The second-order valence-electron chi connectivity index (χ2n) is 4.57. The second-order valence-corrected chi connectivity index (χ2v) is 5.42. The summed E-state index contributed by atoms with van der Waals surface area (Å²) in [7, 11) is 0. The van der Waals surface area contributed by atoms with Crippen LogP contribution < -0.4 is 5.32 Å². The van der Waals surface area contributed by atoms with Crippen LogP contribution in [0, 0.1) is 5.82 Å². The molecule has 0 spiro atoms. The molecule has 1 N–H and O–H groups in total. The molecule has 0 aliphatic heterocycles. The van der Waals surface area contributed by atoms with Crippen molar-refractivity contribution in [2.45, 2.75) is 19.4 Å². The molecule has 0 aliphatic rings. The lowest BCUT2D eigenvalue weighted by atomic mass is 9.98. The molecule has 1 unspecified atom stereocenters. The van der Waals surface area contributed by atoms with E-state index in [9.17, 15) is 4.39 Å². The molecule has 20 heavy (non-hydrogen) atoms. The molecule has 1 atom stereocenters. The highest BCUT2D eigenvalue weighted by atomic mass is 35.5. The van der Waals surface area contributed by atoms with Gasteiger partial charge in [-0.2, -0.15) is 0 Å². The predicted octanol–water partition coefficient (Wildman–Crippen LogP) is 5.03. The lowest BCUT2D eigenvalue weighted by molar-refractivity contribution is 0.528. The molecule has 0 saturated heterocycles. The van der Waals surface area contributed by atoms with E-state index < -0.39 is 0 Å². The van der Waals surface area contributed by atoms with Gasteiger partial charge in [-0.15, -0.1) is 0 Å². The zero-order valence-corrected chi connectivity index (χ0v) is 12.7. The molecular formula is C16H16Cl2FN. The first kappa shape index (κ1) is 15.3. The molecule has 0 fully saturated rings. The number of hydrogen-bond acceptors (Lipinski definition) is 1. The van der Waals surface area contributed by atoms with Crippen LogP contribution in [0.3, 0.4) is 0 Å². The fraction of sp³-hybridized carbons (Fsp3) is 0.250. The van der Waals surface area contributed by atoms with E-state index in [1.165, 1.54) is 6.07 Å². The SMILES string of the molecule is CCNC(Cc1ccc(Cl)cc1F)c1ccccc1Cl. The number of hydrogen-bond donors (Lipinski definition) is 1. The van der Waals surface area contributed by atoms with E-state index in [0.29, 0.717) is 22.0 Å². The van der Waals surface area contributed by atoms with Gasteiger partial charge in [-0.25, -0.2) is 4.39 Å². The van der Waals surface area contributed by atoms with E-state index in [0.717, 1.165) is 12.1 Å². The van der Waals surface area contributed by atoms with Gasteiger partial charge in [0.2, 0.25) is 0 Å². The zero-order valence-electron chi connectivity index (χ0n) is 11.2. The highest BCUT2D eigenvalue weighted by molar-refractivity contribution is 6.31. The molecule has 4 heteroatoms. The summed E-state index contributed by atoms with van der Waals surface area (Å²) in [6, 6.07) is 12.4. The smallest absolute Gasteiger partial charge is 0.127 e. The fourth-order valence-electron chi connectivity index (χ4n) is 2.20. The molecule has 0 heterocycles. The Hall–Kier alpha value is -1.09. The second kappa shape index (κ2) is 7.07. The van der Waals surface area contributed by atoms with Crippen LogP contribution in [0.1, 0.15) is 24.1 Å². The van der Waals surface area contributed by atoms with Crippen LogP contribution in [0.25, 0.3) is 0 Å². The summed E-state index contributed by atoms with van der Waals surface area (Å²) in [5.74, 6) is -0.285. The first-order valence-corrected chi connectivity index (χ1v) is 7.29. The summed E-state index contributed by atoms with van der Waals surface area (Å²) in [6.07, 6.45) is 0.528. The van der Waals surface area contributed by atoms with Crippen LogP contribution in [0.15, 0.2) is 42.5 Å². The molecule has 2 aromatic carbocycles. The van der Waals surface area contributed by atoms with E-state index in [-0.39, 0.29) is 11.9 Å². The molecular weight excluding hydrogens is 296 g/mol. The molecule has 0 radical (unpaired) electrons. The van der Waals surface area contributed by atoms with Crippen LogP contribution >= 0.6 is 23.2 Å². The van der Waals surface area contributed by atoms with Crippen LogP contribution in [-0.4, -0.2) is 6.54 Å². The van der Waals surface area contributed by atoms with Crippen LogP contribution in [0.4, 0.5) is 4.39 Å². The maximum Gasteiger partial charge on any atom is 0.127 e. The van der Waals surface area contributed by atoms with Gasteiger partial charge in [0.25, 0.3) is 0 Å². The average Bonchev–Trinajstić information content (AvgIpc) is 2.42. The highest BCUT2D eigenvalue weighted by Gasteiger charge is 2.16. The Kier molecular flexibility index (Phi) is 5.41. The summed E-state index contributed by atoms with van der Waals surface area (Å²) in [6.45, 7) is 2.80. The first-order valence-electron chi connectivity index (χ1n) is 6.53. The third kappa shape index (κ3) is 3.72. The number of likely N-dealkylation sites (N-methyl/N-ethyl adjacent to an activating group) is 1. The normalized spacial score (nSPS) is 12.4. The standard InChI is InChI=1S/C16H16Cl2FN/c1-2-20-16(13-5-3-4-6-14(13)18)9-11-7-8-12(17)10-15(11)19/h3-8,10,16,20H,2,9H2,1H3. The lowest BCUT2D eigenvalue weighted by Gasteiger charge is -2.20. The summed E-state index contributed by atoms with van der Waals surface area (Å²) < 4.78 is 13.9. The predicted molar refractivity (Wildman–Crippen MR) is 83.0 cm³/mol. The van der Waals surface area contributed by atoms with Gasteiger partial charge in [-0.3, -0.25) is 0 Å². The highest BCUT2D eigenvalue weighted by Crippen LogP contribution is 2.27. The van der Waals surface area contributed by atoms with Gasteiger partial charge in [-0.05, 0) is 42.3 Å². The zero-order chi connectivity index (χ0) is 14.5. The number of halogens is 3. The Labute approximate surface area is 128 Å². The minimum atomic E-state index is -0.285. The van der Waals surface area contributed by atoms with Crippen LogP contribution in [0.2, 0.25) is 10.0 Å². The van der Waals surface area contributed by atoms with Gasteiger partial charge in [0.15, 0.2) is 0 Å². The molecule has 106 valence electrons. The molecule has 0 aromatic heterocycles. The lowest BCUT2D eigenvalue weighted by Crippen LogP contribution is -2.23. The van der Waals surface area contributed by atoms with Crippen LogP contribution in [-0.2, 0) is 6.42 Å². The third-order valence-corrected chi connectivity index (χ3v) is 3.75. The molecule has 2 rings (SSSR count). The fourth-order valence-corrected chi connectivity index (χ4v) is 2.63. The molecule has 0 saturated carbocycles. The summed E-state index contributed by atoms with van der Waals surface area (Å²) in [4.78, 5) is 0. The summed E-state index contributed by atoms with van der Waals surface area (Å²) in [5.41, 5.74) is 1.60. The van der Waals surface area contributed by atoms with E-state index in [1.807, 2.05) is 31.2 Å². The van der Waals surface area contributed by atoms with E-state index in [4.69, 9.17) is 23.2 Å². The van der Waals surface area contributed by atoms with E-state index in [1.54, 1.807) is 12.1 Å². The Morgan fingerprint density at radius 2 is 1.90 bits per heavy atom. The van der Waals surface area contributed by atoms with Crippen molar-refractivity contribution in [3.8, 4) is 0 Å². The van der Waals surface area contributed by atoms with Crippen molar-refractivity contribution >= 4 is 23.2 Å². The average molecular weight is 312 g/mol. The van der Waals surface area contributed by atoms with Gasteiger partial charge in [-0.1, -0.05) is 54.4 Å². The molecule has 0 bridgehead atoms. The van der Waals surface area contributed by atoms with Crippen molar-refractivity contribution in [3.05, 3.63) is 69.5 Å². The Morgan fingerprint density at radius 3 is 2.55 bits per heavy atom. The largest absolute Gasteiger partial charge is 0.310 e. The van der Waals surface area contributed by atoms with Gasteiger partial charge < -0.3 is 5.32 Å². The quantitative estimate of drug-likeness (QED) is 0.817. The van der Waals surface area contributed by atoms with Crippen molar-refractivity contribution in [1.29, 1.82) is 0 Å². The van der Waals surface area contributed by atoms with Crippen molar-refractivity contribution in [3.63, 3.8) is 0 Å². The maximum atomic E-state index is 13.9. The number of nitrogens with one attached hydrogen (secondary N) is 1. The monoisotopic (exact) mass is 311 g/mol. The minimum absolute atomic E-state index is 0.0237. The van der Waals surface area contributed by atoms with Gasteiger partial charge >= 0.3 is 0 Å². The van der Waals surface area contributed by atoms with Crippen molar-refractivity contribution in [2.24, 2.45) is 0 Å². The van der Waals surface area contributed by atoms with Gasteiger partial charge in [0, 0.05) is 16.1 Å². The van der Waals surface area contributed by atoms with E-state index in [2.05, 4.69) is 5.32 Å². The van der Waals surface area contributed by atoms with Crippen molar-refractivity contribution in [2.75, 3.05) is 6.54 Å². The first-order chi connectivity index (χ1) is 9.61. The van der Waals surface area contributed by atoms with Crippen molar-refractivity contribution < 1.29 is 4.39 Å².